The second kappa shape index (κ2) is 4.43. The van der Waals surface area contributed by atoms with Crippen LogP contribution in [0, 0.1) is 11.3 Å². The van der Waals surface area contributed by atoms with Crippen LogP contribution in [-0.4, -0.2) is 17.4 Å². The Bertz CT molecular complexity index is 613. The Morgan fingerprint density at radius 2 is 2.32 bits per heavy atom. The van der Waals surface area contributed by atoms with E-state index in [1.807, 2.05) is 24.0 Å². The first-order valence-electron chi connectivity index (χ1n) is 6.39. The van der Waals surface area contributed by atoms with Crippen molar-refractivity contribution in [2.45, 2.75) is 25.8 Å². The zero-order chi connectivity index (χ0) is 13.4. The van der Waals surface area contributed by atoms with E-state index in [9.17, 15) is 4.79 Å². The van der Waals surface area contributed by atoms with E-state index in [4.69, 9.17) is 10.00 Å². The number of allylic oxidation sites excluding steroid dienone is 1. The van der Waals surface area contributed by atoms with Crippen molar-refractivity contribution in [3.63, 3.8) is 0 Å². The number of carbonyl (C=O) groups is 1. The molecule has 1 aromatic carbocycles. The lowest BCUT2D eigenvalue weighted by atomic mass is 9.99. The molecule has 2 heterocycles. The van der Waals surface area contributed by atoms with Gasteiger partial charge in [-0.05, 0) is 37.6 Å². The van der Waals surface area contributed by atoms with Gasteiger partial charge in [-0.2, -0.15) is 5.26 Å². The Kier molecular flexibility index (Phi) is 2.75. The van der Waals surface area contributed by atoms with E-state index in [0.29, 0.717) is 12.0 Å². The van der Waals surface area contributed by atoms with E-state index in [-0.39, 0.29) is 11.9 Å². The number of ether oxygens (including phenoxy) is 1. The number of rotatable bonds is 1. The van der Waals surface area contributed by atoms with Crippen LogP contribution < -0.4 is 4.74 Å². The van der Waals surface area contributed by atoms with Crippen LogP contribution in [-0.2, 0) is 4.79 Å². The van der Waals surface area contributed by atoms with Gasteiger partial charge in [-0.3, -0.25) is 4.79 Å². The molecule has 0 N–H and O–H groups in total. The van der Waals surface area contributed by atoms with Gasteiger partial charge in [0.1, 0.15) is 5.75 Å². The van der Waals surface area contributed by atoms with Crippen molar-refractivity contribution < 1.29 is 9.53 Å². The SMILES string of the molecule is CC1=CC(N2CCCC2=O)c2cc(C#N)ccc2O1. The lowest BCUT2D eigenvalue weighted by Gasteiger charge is -2.30. The summed E-state index contributed by atoms with van der Waals surface area (Å²) in [4.78, 5) is 13.8. The number of hydrogen-bond acceptors (Lipinski definition) is 3. The average Bonchev–Trinajstić information content (AvgIpc) is 2.83. The second-order valence-electron chi connectivity index (χ2n) is 4.88. The van der Waals surface area contributed by atoms with Crippen molar-refractivity contribution in [3.05, 3.63) is 41.2 Å². The quantitative estimate of drug-likeness (QED) is 0.773. The number of nitriles is 1. The summed E-state index contributed by atoms with van der Waals surface area (Å²) in [5, 5.41) is 9.01. The molecule has 0 radical (unpaired) electrons. The zero-order valence-electron chi connectivity index (χ0n) is 10.7. The fourth-order valence-electron chi connectivity index (χ4n) is 2.68. The van der Waals surface area contributed by atoms with E-state index >= 15 is 0 Å². The van der Waals surface area contributed by atoms with Gasteiger partial charge in [0.25, 0.3) is 0 Å². The van der Waals surface area contributed by atoms with Crippen molar-refractivity contribution in [2.24, 2.45) is 0 Å². The molecule has 0 saturated carbocycles. The van der Waals surface area contributed by atoms with Crippen LogP contribution in [0.15, 0.2) is 30.0 Å². The summed E-state index contributed by atoms with van der Waals surface area (Å²) in [6.45, 7) is 2.65. The topological polar surface area (TPSA) is 53.3 Å². The highest BCUT2D eigenvalue weighted by molar-refractivity contribution is 5.79. The molecule has 0 bridgehead atoms. The Morgan fingerprint density at radius 3 is 3.00 bits per heavy atom. The van der Waals surface area contributed by atoms with Crippen LogP contribution in [0.3, 0.4) is 0 Å². The molecule has 0 aromatic heterocycles. The maximum Gasteiger partial charge on any atom is 0.223 e. The number of benzene rings is 1. The lowest BCUT2D eigenvalue weighted by Crippen LogP contribution is -2.30. The molecule has 1 aromatic rings. The van der Waals surface area contributed by atoms with Crippen LogP contribution in [0.4, 0.5) is 0 Å². The predicted octanol–water partition coefficient (Wildman–Crippen LogP) is 2.52. The predicted molar refractivity (Wildman–Crippen MR) is 69.2 cm³/mol. The monoisotopic (exact) mass is 254 g/mol. The highest BCUT2D eigenvalue weighted by Crippen LogP contribution is 2.38. The van der Waals surface area contributed by atoms with Gasteiger partial charge in [0, 0.05) is 18.5 Å². The normalized spacial score (nSPS) is 21.5. The van der Waals surface area contributed by atoms with Gasteiger partial charge >= 0.3 is 0 Å². The molecular formula is C15H14N2O2. The zero-order valence-corrected chi connectivity index (χ0v) is 10.7. The molecule has 0 spiro atoms. The van der Waals surface area contributed by atoms with Crippen LogP contribution in [0.1, 0.15) is 36.9 Å². The maximum atomic E-state index is 11.9. The number of carbonyl (C=O) groups excluding carboxylic acids is 1. The number of amides is 1. The molecule has 1 atom stereocenters. The Labute approximate surface area is 111 Å². The molecule has 0 aliphatic carbocycles. The van der Waals surface area contributed by atoms with Gasteiger partial charge < -0.3 is 9.64 Å². The molecule has 2 aliphatic rings. The standard InChI is InChI=1S/C15H14N2O2/c1-10-7-13(17-6-2-3-15(17)18)12-8-11(9-16)4-5-14(12)19-10/h4-5,7-8,13H,2-3,6H2,1H3. The number of likely N-dealkylation sites (tertiary alicyclic amines) is 1. The van der Waals surface area contributed by atoms with Crippen LogP contribution >= 0.6 is 0 Å². The Morgan fingerprint density at radius 1 is 1.47 bits per heavy atom. The Balaban J connectivity index is 2.07. The summed E-state index contributed by atoms with van der Waals surface area (Å²) in [6.07, 6.45) is 3.46. The molecule has 1 unspecified atom stereocenters. The van der Waals surface area contributed by atoms with E-state index in [1.165, 1.54) is 0 Å². The first-order valence-corrected chi connectivity index (χ1v) is 6.39. The number of nitrogens with zero attached hydrogens (tertiary/aromatic N) is 2. The summed E-state index contributed by atoms with van der Waals surface area (Å²) >= 11 is 0. The molecule has 1 saturated heterocycles. The van der Waals surface area contributed by atoms with Gasteiger partial charge in [0.05, 0.1) is 23.4 Å². The molecule has 4 nitrogen and oxygen atoms in total. The minimum Gasteiger partial charge on any atom is -0.462 e. The highest BCUT2D eigenvalue weighted by atomic mass is 16.5. The van der Waals surface area contributed by atoms with Crippen LogP contribution in [0.2, 0.25) is 0 Å². The fraction of sp³-hybridized carbons (Fsp3) is 0.333. The first-order chi connectivity index (χ1) is 9.19. The molecule has 2 aliphatic heterocycles. The third-order valence-electron chi connectivity index (χ3n) is 3.57. The second-order valence-corrected chi connectivity index (χ2v) is 4.88. The molecule has 96 valence electrons. The van der Waals surface area contributed by atoms with Crippen molar-refractivity contribution in [1.82, 2.24) is 4.90 Å². The van der Waals surface area contributed by atoms with E-state index in [1.54, 1.807) is 12.1 Å². The molecule has 19 heavy (non-hydrogen) atoms. The maximum absolute atomic E-state index is 11.9. The highest BCUT2D eigenvalue weighted by Gasteiger charge is 2.32. The van der Waals surface area contributed by atoms with Gasteiger partial charge in [-0.25, -0.2) is 0 Å². The summed E-state index contributed by atoms with van der Waals surface area (Å²) in [5.74, 6) is 1.70. The van der Waals surface area contributed by atoms with Gasteiger partial charge in [0.2, 0.25) is 5.91 Å². The summed E-state index contributed by atoms with van der Waals surface area (Å²) in [6, 6.07) is 7.38. The fourth-order valence-corrected chi connectivity index (χ4v) is 2.68. The van der Waals surface area contributed by atoms with Crippen molar-refractivity contribution in [1.29, 1.82) is 5.26 Å². The lowest BCUT2D eigenvalue weighted by molar-refractivity contribution is -0.129. The molecule has 1 fully saturated rings. The Hall–Kier alpha value is -2.28. The molecular weight excluding hydrogens is 240 g/mol. The summed E-state index contributed by atoms with van der Waals surface area (Å²) in [5.41, 5.74) is 1.49. The largest absolute Gasteiger partial charge is 0.462 e. The van der Waals surface area contributed by atoms with Crippen molar-refractivity contribution >= 4 is 5.91 Å². The van der Waals surface area contributed by atoms with E-state index < -0.39 is 0 Å². The average molecular weight is 254 g/mol. The molecule has 1 amide bonds. The van der Waals surface area contributed by atoms with E-state index in [2.05, 4.69) is 6.07 Å². The van der Waals surface area contributed by atoms with Crippen LogP contribution in [0.5, 0.6) is 5.75 Å². The summed E-state index contributed by atoms with van der Waals surface area (Å²) in [7, 11) is 0. The van der Waals surface area contributed by atoms with Gasteiger partial charge in [0.15, 0.2) is 0 Å². The van der Waals surface area contributed by atoms with Gasteiger partial charge in [-0.1, -0.05) is 0 Å². The third kappa shape index (κ3) is 1.97. The van der Waals surface area contributed by atoms with E-state index in [0.717, 1.165) is 30.0 Å². The minimum absolute atomic E-state index is 0.105. The number of hydrogen-bond donors (Lipinski definition) is 0. The minimum atomic E-state index is -0.105. The third-order valence-corrected chi connectivity index (χ3v) is 3.57. The molecule has 4 heteroatoms. The van der Waals surface area contributed by atoms with Crippen molar-refractivity contribution in [3.8, 4) is 11.8 Å². The van der Waals surface area contributed by atoms with Crippen molar-refractivity contribution in [2.75, 3.05) is 6.54 Å². The van der Waals surface area contributed by atoms with Gasteiger partial charge in [-0.15, -0.1) is 0 Å². The smallest absolute Gasteiger partial charge is 0.223 e. The number of fused-ring (bicyclic) bond motifs is 1. The first kappa shape index (κ1) is 11.8. The molecule has 3 rings (SSSR count). The van der Waals surface area contributed by atoms with Crippen LogP contribution in [0.25, 0.3) is 0 Å². The summed E-state index contributed by atoms with van der Waals surface area (Å²) < 4.78 is 5.67.